The lowest BCUT2D eigenvalue weighted by Gasteiger charge is -2.59. The minimum Gasteiger partial charge on any atom is -0.595 e. The van der Waals surface area contributed by atoms with E-state index in [1.807, 2.05) is 6.92 Å². The molecule has 5 fully saturated rings. The van der Waals surface area contributed by atoms with Crippen LogP contribution >= 0.6 is 0 Å². The Morgan fingerprint density at radius 2 is 1.93 bits per heavy atom. The van der Waals surface area contributed by atoms with Crippen molar-refractivity contribution in [3.05, 3.63) is 35.0 Å². The van der Waals surface area contributed by atoms with Gasteiger partial charge in [0.2, 0.25) is 18.0 Å². The van der Waals surface area contributed by atoms with Gasteiger partial charge in [0.1, 0.15) is 6.10 Å². The van der Waals surface area contributed by atoms with E-state index in [9.17, 15) is 29.8 Å². The predicted molar refractivity (Wildman–Crippen MR) is 139 cm³/mol. The van der Waals surface area contributed by atoms with Crippen molar-refractivity contribution in [2.75, 3.05) is 0 Å². The molecule has 1 aromatic rings. The molecule has 0 aromatic heterocycles. The highest BCUT2D eigenvalue weighted by Crippen LogP contribution is 2.60. The number of hydrogen-bond donors (Lipinski definition) is 5. The van der Waals surface area contributed by atoms with Gasteiger partial charge in [-0.1, -0.05) is 26.0 Å². The van der Waals surface area contributed by atoms with Gasteiger partial charge in [0.05, 0.1) is 6.42 Å². The number of carbonyl (C=O) groups excluding carboxylic acids is 2. The second kappa shape index (κ2) is 11.8. The number of benzene rings is 1. The second-order valence-corrected chi connectivity index (χ2v) is 12.0. The third-order valence-electron chi connectivity index (χ3n) is 9.27. The maximum atomic E-state index is 12.8. The highest BCUT2D eigenvalue weighted by Gasteiger charge is 2.69. The third-order valence-corrected chi connectivity index (χ3v) is 9.27. The topological polar surface area (TPSA) is 198 Å². The Bertz CT molecular complexity index is 1200. The van der Waals surface area contributed by atoms with Crippen LogP contribution in [0.25, 0.3) is 0 Å². The lowest BCUT2D eigenvalue weighted by molar-refractivity contribution is -0.991. The zero-order valence-electron chi connectivity index (χ0n) is 23.7. The van der Waals surface area contributed by atoms with Gasteiger partial charge in [0.15, 0.2) is 23.6 Å². The summed E-state index contributed by atoms with van der Waals surface area (Å²) in [6, 6.07) is 3.34. The van der Waals surface area contributed by atoms with Gasteiger partial charge in [-0.2, -0.15) is 5.23 Å². The number of aliphatic hydroxyl groups is 1. The van der Waals surface area contributed by atoms with Crippen molar-refractivity contribution in [2.45, 2.75) is 95.4 Å². The number of hydrogen-bond acceptors (Lipinski definition) is 11. The lowest BCUT2D eigenvalue weighted by Crippen LogP contribution is -2.99. The average Bonchev–Trinajstić information content (AvgIpc) is 3.18. The van der Waals surface area contributed by atoms with Crippen LogP contribution in [0.1, 0.15) is 71.0 Å². The molecule has 5 aliphatic rings. The van der Waals surface area contributed by atoms with E-state index in [1.54, 1.807) is 6.92 Å². The van der Waals surface area contributed by atoms with Crippen LogP contribution in [-0.2, 0) is 38.4 Å². The minimum absolute atomic E-state index is 0.000217. The molecule has 1 unspecified atom stereocenters. The number of esters is 1. The molecule has 5 N–H and O–H groups in total. The normalized spacial score (nSPS) is 37.5. The number of fused-ring (bicyclic) bond motifs is 2. The summed E-state index contributed by atoms with van der Waals surface area (Å²) in [4.78, 5) is 49.0. The standard InChI is InChI=1S/C28H38N2O12/c1-14-7-8-19-15(2)25(39-26-28(19)18(14)11-12-27(3,40-26)41-42-28)38-21(32)10-9-20(31)29-22(24(34)35)23(33)16-5-4-6-17(13-16)30(36)37/h4-6,13-15,18-19,22-23,25-26,30,33,36H,7-12H2,1-3H3,(H,29,31)(H,34,35)/t14-,15+,18-,19+,22-,23+,25+,26-,27-,28+/m0/s1. The molecule has 11 atom stereocenters. The van der Waals surface area contributed by atoms with Crippen molar-refractivity contribution in [1.29, 1.82) is 0 Å². The van der Waals surface area contributed by atoms with Crippen molar-refractivity contribution in [3.8, 4) is 0 Å². The van der Waals surface area contributed by atoms with Gasteiger partial charge in [-0.15, -0.1) is 0 Å². The molecular formula is C28H38N2O12. The Hall–Kier alpha value is -2.69. The van der Waals surface area contributed by atoms with Crippen molar-refractivity contribution in [1.82, 2.24) is 5.32 Å². The third kappa shape index (κ3) is 5.65. The van der Waals surface area contributed by atoms with Gasteiger partial charge < -0.3 is 34.9 Å². The van der Waals surface area contributed by atoms with E-state index >= 15 is 0 Å². The molecule has 1 aliphatic carbocycles. The number of nitrogens with one attached hydrogen (secondary N) is 2. The smallest absolute Gasteiger partial charge is 0.329 e. The molecule has 1 amide bonds. The van der Waals surface area contributed by atoms with E-state index < -0.39 is 65.6 Å². The predicted octanol–water partition coefficient (Wildman–Crippen LogP) is 1.22. The summed E-state index contributed by atoms with van der Waals surface area (Å²) >= 11 is 0. The quantitative estimate of drug-likeness (QED) is 0.156. The van der Waals surface area contributed by atoms with E-state index in [0.717, 1.165) is 25.3 Å². The van der Waals surface area contributed by atoms with Crippen LogP contribution in [0.2, 0.25) is 0 Å². The van der Waals surface area contributed by atoms with Crippen LogP contribution in [0.15, 0.2) is 24.3 Å². The van der Waals surface area contributed by atoms with Crippen molar-refractivity contribution in [2.24, 2.45) is 23.7 Å². The molecule has 0 radical (unpaired) electrons. The van der Waals surface area contributed by atoms with Crippen LogP contribution in [0.3, 0.4) is 0 Å². The van der Waals surface area contributed by atoms with Crippen LogP contribution in [0, 0.1) is 28.9 Å². The summed E-state index contributed by atoms with van der Waals surface area (Å²) in [6.45, 7) is 5.91. The van der Waals surface area contributed by atoms with Crippen molar-refractivity contribution < 1.29 is 59.0 Å². The van der Waals surface area contributed by atoms with E-state index in [1.165, 1.54) is 18.2 Å². The number of carboxylic acids is 1. The van der Waals surface area contributed by atoms with E-state index in [2.05, 4.69) is 12.2 Å². The number of ether oxygens (including phenoxy) is 3. The molecule has 4 aliphatic heterocycles. The minimum atomic E-state index is -1.77. The van der Waals surface area contributed by atoms with Gasteiger partial charge in [-0.25, -0.2) is 19.8 Å². The van der Waals surface area contributed by atoms with Gasteiger partial charge in [0.25, 0.3) is 0 Å². The molecule has 6 rings (SSSR count). The zero-order chi connectivity index (χ0) is 30.4. The molecular weight excluding hydrogens is 556 g/mol. The van der Waals surface area contributed by atoms with Crippen LogP contribution < -0.4 is 10.5 Å². The first kappa shape index (κ1) is 30.8. The van der Waals surface area contributed by atoms with Crippen LogP contribution in [0.5, 0.6) is 0 Å². The van der Waals surface area contributed by atoms with E-state index in [-0.39, 0.29) is 35.4 Å². The van der Waals surface area contributed by atoms with Crippen LogP contribution in [0.4, 0.5) is 5.69 Å². The fourth-order valence-corrected chi connectivity index (χ4v) is 6.98. The van der Waals surface area contributed by atoms with Crippen molar-refractivity contribution in [3.63, 3.8) is 0 Å². The molecule has 1 saturated carbocycles. The Morgan fingerprint density at radius 1 is 1.17 bits per heavy atom. The fourth-order valence-electron chi connectivity index (χ4n) is 6.98. The first-order valence-corrected chi connectivity index (χ1v) is 14.3. The molecule has 1 aromatic carbocycles. The molecule has 2 bridgehead atoms. The largest absolute Gasteiger partial charge is 0.595 e. The molecule has 4 saturated heterocycles. The lowest BCUT2D eigenvalue weighted by atomic mass is 9.58. The van der Waals surface area contributed by atoms with E-state index in [0.29, 0.717) is 12.3 Å². The highest BCUT2D eigenvalue weighted by atomic mass is 17.3. The summed E-state index contributed by atoms with van der Waals surface area (Å²) in [7, 11) is 0. The Kier molecular flexibility index (Phi) is 8.62. The van der Waals surface area contributed by atoms with Gasteiger partial charge in [0, 0.05) is 36.8 Å². The number of aliphatic carboxylic acids is 1. The monoisotopic (exact) mass is 594 g/mol. The first-order valence-electron chi connectivity index (χ1n) is 14.3. The average molecular weight is 595 g/mol. The second-order valence-electron chi connectivity index (χ2n) is 12.0. The zero-order valence-corrected chi connectivity index (χ0v) is 23.7. The molecule has 14 heteroatoms. The molecule has 4 heterocycles. The number of quaternary nitrogens is 1. The molecule has 232 valence electrons. The maximum absolute atomic E-state index is 12.8. The SMILES string of the molecule is C[C@H]1[C@H](OC(=O)CCC(=O)N[C@H](C(=O)O)[C@H](O)c2cccc([NH+]([O-])O)c2)O[C@H]2O[C@]3(C)CC[C@H]4[C@@H](C)CC[C@H]1[C@@]24OO3. The van der Waals surface area contributed by atoms with Gasteiger partial charge in [-0.05, 0) is 43.6 Å². The summed E-state index contributed by atoms with van der Waals surface area (Å²) in [5.41, 5.74) is -0.962. The number of amides is 1. The van der Waals surface area contributed by atoms with Crippen LogP contribution in [-0.4, -0.2) is 63.3 Å². The maximum Gasteiger partial charge on any atom is 0.329 e. The Balaban J connectivity index is 1.19. The highest BCUT2D eigenvalue weighted by molar-refractivity contribution is 5.86. The fraction of sp³-hybridized carbons (Fsp3) is 0.679. The van der Waals surface area contributed by atoms with Crippen molar-refractivity contribution >= 4 is 23.5 Å². The number of rotatable bonds is 9. The first-order chi connectivity index (χ1) is 19.8. The van der Waals surface area contributed by atoms with Gasteiger partial charge >= 0.3 is 11.9 Å². The summed E-state index contributed by atoms with van der Waals surface area (Å²) in [5, 5.41) is 41.5. The Labute approximate surface area is 242 Å². The molecule has 1 spiro atoms. The summed E-state index contributed by atoms with van der Waals surface area (Å²) in [6.07, 6.45) is -0.964. The summed E-state index contributed by atoms with van der Waals surface area (Å²) in [5.74, 6) is -3.83. The summed E-state index contributed by atoms with van der Waals surface area (Å²) < 4.78 is 18.1. The number of carboxylic acid groups (broad SMARTS) is 1. The number of carbonyl (C=O) groups is 3. The number of aliphatic hydroxyl groups excluding tert-OH is 1. The van der Waals surface area contributed by atoms with E-state index in [4.69, 9.17) is 29.2 Å². The molecule has 42 heavy (non-hydrogen) atoms. The van der Waals surface area contributed by atoms with Gasteiger partial charge in [-0.3, -0.25) is 9.59 Å². The Morgan fingerprint density at radius 3 is 2.64 bits per heavy atom. The molecule has 14 nitrogen and oxygen atoms in total.